The highest BCUT2D eigenvalue weighted by atomic mass is 35.5. The molecule has 1 fully saturated rings. The van der Waals surface area contributed by atoms with Crippen molar-refractivity contribution >= 4 is 24.3 Å². The molecule has 0 N–H and O–H groups in total. The third kappa shape index (κ3) is 7.86. The van der Waals surface area contributed by atoms with E-state index in [1.54, 1.807) is 34.1 Å². The van der Waals surface area contributed by atoms with Crippen LogP contribution in [0, 0.1) is 11.3 Å². The van der Waals surface area contributed by atoms with Crippen LogP contribution in [-0.4, -0.2) is 57.4 Å². The van der Waals surface area contributed by atoms with E-state index in [0.29, 0.717) is 17.9 Å². The van der Waals surface area contributed by atoms with Gasteiger partial charge in [-0.25, -0.2) is 0 Å². The number of nitrogens with zero attached hydrogens (tertiary/aromatic N) is 1. The van der Waals surface area contributed by atoms with Crippen molar-refractivity contribution in [3.63, 3.8) is 0 Å². The molecule has 0 unspecified atom stereocenters. The second kappa shape index (κ2) is 14.8. The predicted octanol–water partition coefficient (Wildman–Crippen LogP) is 5.08. The number of methoxy groups -OCH3 is 2. The SMILES string of the molecule is CCOC(=O)C(Cc1ccc(OC)c(OC)c1)(CC1CCN(Cc2ccccc2)CC1)C(=O)OCC.Cl. The van der Waals surface area contributed by atoms with Crippen LogP contribution in [0.4, 0.5) is 0 Å². The smallest absolute Gasteiger partial charge is 0.323 e. The Morgan fingerprint density at radius 3 is 2.00 bits per heavy atom. The number of rotatable bonds is 12. The molecular formula is C29H40ClNO6. The molecule has 1 saturated heterocycles. The van der Waals surface area contributed by atoms with Crippen LogP contribution < -0.4 is 9.47 Å². The van der Waals surface area contributed by atoms with Crippen LogP contribution in [0.15, 0.2) is 48.5 Å². The highest BCUT2D eigenvalue weighted by Gasteiger charge is 2.50. The molecule has 0 amide bonds. The molecule has 0 aliphatic carbocycles. The zero-order valence-electron chi connectivity index (χ0n) is 22.4. The second-order valence-corrected chi connectivity index (χ2v) is 9.30. The van der Waals surface area contributed by atoms with Gasteiger partial charge in [-0.05, 0) is 81.8 Å². The summed E-state index contributed by atoms with van der Waals surface area (Å²) in [5, 5.41) is 0. The minimum Gasteiger partial charge on any atom is -0.493 e. The molecular weight excluding hydrogens is 494 g/mol. The van der Waals surface area contributed by atoms with E-state index in [9.17, 15) is 9.59 Å². The van der Waals surface area contributed by atoms with Crippen LogP contribution in [0.1, 0.15) is 44.2 Å². The summed E-state index contributed by atoms with van der Waals surface area (Å²) >= 11 is 0. The topological polar surface area (TPSA) is 74.3 Å². The number of ether oxygens (including phenoxy) is 4. The molecule has 0 atom stereocenters. The quantitative estimate of drug-likeness (QED) is 0.278. The summed E-state index contributed by atoms with van der Waals surface area (Å²) in [6.07, 6.45) is 2.37. The van der Waals surface area contributed by atoms with Gasteiger partial charge in [0.15, 0.2) is 16.9 Å². The summed E-state index contributed by atoms with van der Waals surface area (Å²) in [5.74, 6) is 0.289. The van der Waals surface area contributed by atoms with Crippen molar-refractivity contribution in [1.29, 1.82) is 0 Å². The van der Waals surface area contributed by atoms with E-state index < -0.39 is 17.4 Å². The number of likely N-dealkylation sites (tertiary alicyclic amines) is 1. The second-order valence-electron chi connectivity index (χ2n) is 9.30. The van der Waals surface area contributed by atoms with E-state index in [1.807, 2.05) is 18.2 Å². The minimum absolute atomic E-state index is 0. The van der Waals surface area contributed by atoms with Crippen molar-refractivity contribution in [3.8, 4) is 11.5 Å². The molecule has 0 radical (unpaired) electrons. The van der Waals surface area contributed by atoms with Gasteiger partial charge in [0, 0.05) is 6.54 Å². The fourth-order valence-corrected chi connectivity index (χ4v) is 5.03. The van der Waals surface area contributed by atoms with Crippen LogP contribution >= 0.6 is 12.4 Å². The van der Waals surface area contributed by atoms with Gasteiger partial charge in [0.05, 0.1) is 27.4 Å². The Bertz CT molecular complexity index is 973. The van der Waals surface area contributed by atoms with Gasteiger partial charge < -0.3 is 18.9 Å². The zero-order chi connectivity index (χ0) is 26.0. The monoisotopic (exact) mass is 533 g/mol. The van der Waals surface area contributed by atoms with E-state index in [4.69, 9.17) is 18.9 Å². The molecule has 0 saturated carbocycles. The lowest BCUT2D eigenvalue weighted by atomic mass is 9.72. The Kier molecular flexibility index (Phi) is 12.2. The molecule has 2 aromatic rings. The number of benzene rings is 2. The molecule has 204 valence electrons. The third-order valence-corrected chi connectivity index (χ3v) is 6.88. The molecule has 0 aromatic heterocycles. The van der Waals surface area contributed by atoms with Crippen molar-refractivity contribution in [2.75, 3.05) is 40.5 Å². The van der Waals surface area contributed by atoms with Gasteiger partial charge in [-0.15, -0.1) is 12.4 Å². The summed E-state index contributed by atoms with van der Waals surface area (Å²) in [5.41, 5.74) is 0.657. The molecule has 2 aromatic carbocycles. The first-order chi connectivity index (χ1) is 17.4. The van der Waals surface area contributed by atoms with Crippen molar-refractivity contribution < 1.29 is 28.5 Å². The number of hydrogen-bond donors (Lipinski definition) is 0. The Morgan fingerprint density at radius 2 is 1.46 bits per heavy atom. The van der Waals surface area contributed by atoms with Gasteiger partial charge in [0.1, 0.15) is 0 Å². The summed E-state index contributed by atoms with van der Waals surface area (Å²) in [6, 6.07) is 15.9. The van der Waals surface area contributed by atoms with E-state index >= 15 is 0 Å². The van der Waals surface area contributed by atoms with E-state index in [0.717, 1.165) is 38.0 Å². The summed E-state index contributed by atoms with van der Waals surface area (Å²) in [6.45, 7) is 6.64. The lowest BCUT2D eigenvalue weighted by Gasteiger charge is -2.37. The summed E-state index contributed by atoms with van der Waals surface area (Å²) in [4.78, 5) is 29.3. The Hall–Kier alpha value is -2.77. The molecule has 3 rings (SSSR count). The molecule has 1 heterocycles. The van der Waals surface area contributed by atoms with Crippen LogP contribution in [0.3, 0.4) is 0 Å². The molecule has 1 aliphatic heterocycles. The Morgan fingerprint density at radius 1 is 0.865 bits per heavy atom. The fraction of sp³-hybridized carbons (Fsp3) is 0.517. The first kappa shape index (κ1) is 30.5. The molecule has 0 bridgehead atoms. The summed E-state index contributed by atoms with van der Waals surface area (Å²) in [7, 11) is 3.14. The Labute approximate surface area is 226 Å². The number of hydrogen-bond acceptors (Lipinski definition) is 7. The Balaban J connectivity index is 0.00000481. The maximum atomic E-state index is 13.5. The van der Waals surface area contributed by atoms with E-state index in [1.165, 1.54) is 5.56 Å². The number of halogens is 1. The highest BCUT2D eigenvalue weighted by Crippen LogP contribution is 2.39. The van der Waals surface area contributed by atoms with Crippen molar-refractivity contribution in [3.05, 3.63) is 59.7 Å². The lowest BCUT2D eigenvalue weighted by Crippen LogP contribution is -2.46. The molecule has 8 heteroatoms. The van der Waals surface area contributed by atoms with E-state index in [2.05, 4.69) is 29.2 Å². The summed E-state index contributed by atoms with van der Waals surface area (Å²) < 4.78 is 21.8. The normalized spacial score (nSPS) is 14.4. The van der Waals surface area contributed by atoms with Crippen molar-refractivity contribution in [1.82, 2.24) is 4.90 Å². The molecule has 37 heavy (non-hydrogen) atoms. The first-order valence-electron chi connectivity index (χ1n) is 12.8. The number of carbonyl (C=O) groups is 2. The van der Waals surface area contributed by atoms with Crippen molar-refractivity contribution in [2.45, 2.75) is 46.1 Å². The first-order valence-corrected chi connectivity index (χ1v) is 12.8. The minimum atomic E-state index is -1.42. The van der Waals surface area contributed by atoms with Gasteiger partial charge in [-0.3, -0.25) is 14.5 Å². The number of carbonyl (C=O) groups excluding carboxylic acids is 2. The largest absolute Gasteiger partial charge is 0.493 e. The van der Waals surface area contributed by atoms with Crippen molar-refractivity contribution in [2.24, 2.45) is 11.3 Å². The lowest BCUT2D eigenvalue weighted by molar-refractivity contribution is -0.174. The molecule has 7 nitrogen and oxygen atoms in total. The zero-order valence-corrected chi connectivity index (χ0v) is 23.2. The van der Waals surface area contributed by atoms with Crippen LogP contribution in [0.25, 0.3) is 0 Å². The van der Waals surface area contributed by atoms with Crippen LogP contribution in [0.2, 0.25) is 0 Å². The standard InChI is InChI=1S/C29H39NO6.ClH/c1-5-35-27(31)29(28(32)36-6-2,20-24-12-13-25(33-3)26(18-24)34-4)19-22-14-16-30(17-15-22)21-23-10-8-7-9-11-23;/h7-13,18,22H,5-6,14-17,19-21H2,1-4H3;1H. The van der Waals surface area contributed by atoms with Gasteiger partial charge in [-0.2, -0.15) is 0 Å². The highest BCUT2D eigenvalue weighted by molar-refractivity contribution is 6.00. The van der Waals surface area contributed by atoms with Gasteiger partial charge in [0.2, 0.25) is 0 Å². The van der Waals surface area contributed by atoms with Crippen LogP contribution in [-0.2, 0) is 32.0 Å². The van der Waals surface area contributed by atoms with E-state index in [-0.39, 0.29) is 38.0 Å². The maximum absolute atomic E-state index is 13.5. The number of piperidine rings is 1. The number of esters is 2. The average molecular weight is 534 g/mol. The maximum Gasteiger partial charge on any atom is 0.323 e. The molecule has 0 spiro atoms. The van der Waals surface area contributed by atoms with Crippen LogP contribution in [0.5, 0.6) is 11.5 Å². The molecule has 1 aliphatic rings. The van der Waals surface area contributed by atoms with Gasteiger partial charge in [-0.1, -0.05) is 36.4 Å². The fourth-order valence-electron chi connectivity index (χ4n) is 5.03. The predicted molar refractivity (Wildman–Crippen MR) is 145 cm³/mol. The van der Waals surface area contributed by atoms with Gasteiger partial charge >= 0.3 is 11.9 Å². The average Bonchev–Trinajstić information content (AvgIpc) is 2.90. The third-order valence-electron chi connectivity index (χ3n) is 6.88. The van der Waals surface area contributed by atoms with Gasteiger partial charge in [0.25, 0.3) is 0 Å².